The Bertz CT molecular complexity index is 684. The number of ether oxygens (including phenoxy) is 3. The maximum atomic E-state index is 12.5. The molecule has 8 nitrogen and oxygen atoms in total. The third-order valence-electron chi connectivity index (χ3n) is 4.14. The molecule has 3 rings (SSSR count). The molecule has 0 spiro atoms. The number of rotatable bonds is 3. The molecule has 1 aromatic carbocycles. The summed E-state index contributed by atoms with van der Waals surface area (Å²) in [6, 6.07) is 3.15. The molecule has 0 bridgehead atoms. The van der Waals surface area contributed by atoms with Crippen LogP contribution in [0.3, 0.4) is 0 Å². The first-order chi connectivity index (χ1) is 12.0. The second-order valence-corrected chi connectivity index (χ2v) is 6.75. The van der Waals surface area contributed by atoms with Crippen LogP contribution in [0.25, 0.3) is 0 Å². The molecular weight excluding hydrogens is 394 g/mol. The fourth-order valence-electron chi connectivity index (χ4n) is 2.77. The van der Waals surface area contributed by atoms with Crippen molar-refractivity contribution in [3.8, 4) is 11.5 Å². The SMILES string of the molecule is CC(NC(=O)N1CCOC(C(N)=O)C1)c1cc2c(cc1Br)OCCO2. The summed E-state index contributed by atoms with van der Waals surface area (Å²) in [4.78, 5) is 25.3. The van der Waals surface area contributed by atoms with Crippen molar-refractivity contribution in [2.75, 3.05) is 32.9 Å². The van der Waals surface area contributed by atoms with Crippen molar-refractivity contribution >= 4 is 27.9 Å². The van der Waals surface area contributed by atoms with Crippen molar-refractivity contribution in [2.24, 2.45) is 5.73 Å². The highest BCUT2D eigenvalue weighted by Gasteiger charge is 2.29. The molecule has 1 fully saturated rings. The first kappa shape index (κ1) is 17.8. The fraction of sp³-hybridized carbons (Fsp3) is 0.500. The maximum Gasteiger partial charge on any atom is 0.318 e. The highest BCUT2D eigenvalue weighted by molar-refractivity contribution is 9.10. The van der Waals surface area contributed by atoms with Crippen LogP contribution in [-0.4, -0.2) is 55.9 Å². The predicted molar refractivity (Wildman–Crippen MR) is 92.6 cm³/mol. The van der Waals surface area contributed by atoms with E-state index in [-0.39, 0.29) is 25.2 Å². The zero-order chi connectivity index (χ0) is 18.0. The molecule has 2 aliphatic rings. The Labute approximate surface area is 153 Å². The number of nitrogens with one attached hydrogen (secondary N) is 1. The minimum absolute atomic E-state index is 0.149. The number of primary amides is 1. The average molecular weight is 414 g/mol. The van der Waals surface area contributed by atoms with Crippen molar-refractivity contribution in [2.45, 2.75) is 19.1 Å². The molecule has 0 aromatic heterocycles. The topological polar surface area (TPSA) is 103 Å². The molecule has 1 aromatic rings. The number of urea groups is 1. The molecule has 2 heterocycles. The van der Waals surface area contributed by atoms with E-state index in [0.717, 1.165) is 10.0 Å². The van der Waals surface area contributed by atoms with Crippen LogP contribution in [0.15, 0.2) is 16.6 Å². The maximum absolute atomic E-state index is 12.5. The Morgan fingerprint density at radius 2 is 1.96 bits per heavy atom. The summed E-state index contributed by atoms with van der Waals surface area (Å²) < 4.78 is 17.2. The van der Waals surface area contributed by atoms with Gasteiger partial charge < -0.3 is 30.2 Å². The van der Waals surface area contributed by atoms with E-state index in [1.54, 1.807) is 0 Å². The van der Waals surface area contributed by atoms with Gasteiger partial charge in [0.1, 0.15) is 13.2 Å². The summed E-state index contributed by atoms with van der Waals surface area (Å²) >= 11 is 3.51. The smallest absolute Gasteiger partial charge is 0.318 e. The van der Waals surface area contributed by atoms with Gasteiger partial charge in [-0.05, 0) is 24.6 Å². The summed E-state index contributed by atoms with van der Waals surface area (Å²) in [5, 5.41) is 2.93. The van der Waals surface area contributed by atoms with Crippen molar-refractivity contribution in [1.82, 2.24) is 10.2 Å². The molecule has 0 aliphatic carbocycles. The zero-order valence-electron chi connectivity index (χ0n) is 13.8. The van der Waals surface area contributed by atoms with Crippen molar-refractivity contribution in [3.05, 3.63) is 22.2 Å². The Hall–Kier alpha value is -2.00. The number of halogens is 1. The van der Waals surface area contributed by atoms with E-state index >= 15 is 0 Å². The van der Waals surface area contributed by atoms with E-state index < -0.39 is 12.0 Å². The van der Waals surface area contributed by atoms with Gasteiger partial charge >= 0.3 is 6.03 Å². The van der Waals surface area contributed by atoms with Crippen LogP contribution in [0.5, 0.6) is 11.5 Å². The lowest BCUT2D eigenvalue weighted by Gasteiger charge is -2.32. The van der Waals surface area contributed by atoms with Crippen molar-refractivity contribution in [3.63, 3.8) is 0 Å². The summed E-state index contributed by atoms with van der Waals surface area (Å²) in [5.74, 6) is 0.767. The van der Waals surface area contributed by atoms with E-state index in [1.165, 1.54) is 4.90 Å². The first-order valence-corrected chi connectivity index (χ1v) is 8.80. The van der Waals surface area contributed by atoms with Gasteiger partial charge in [0.05, 0.1) is 19.2 Å². The number of morpholine rings is 1. The highest BCUT2D eigenvalue weighted by Crippen LogP contribution is 2.37. The van der Waals surface area contributed by atoms with Crippen LogP contribution in [0.1, 0.15) is 18.5 Å². The quantitative estimate of drug-likeness (QED) is 0.773. The van der Waals surface area contributed by atoms with E-state index in [1.807, 2.05) is 19.1 Å². The van der Waals surface area contributed by atoms with Gasteiger partial charge in [0.25, 0.3) is 0 Å². The van der Waals surface area contributed by atoms with Crippen molar-refractivity contribution < 1.29 is 23.8 Å². The number of hydrogen-bond acceptors (Lipinski definition) is 5. The molecule has 2 aliphatic heterocycles. The normalized spacial score (nSPS) is 20.7. The average Bonchev–Trinajstić information content (AvgIpc) is 2.61. The molecule has 25 heavy (non-hydrogen) atoms. The van der Waals surface area contributed by atoms with E-state index in [4.69, 9.17) is 19.9 Å². The van der Waals surface area contributed by atoms with Crippen LogP contribution in [0.4, 0.5) is 4.79 Å². The van der Waals surface area contributed by atoms with Crippen LogP contribution in [0.2, 0.25) is 0 Å². The molecule has 1 saturated heterocycles. The van der Waals surface area contributed by atoms with Gasteiger partial charge in [0.15, 0.2) is 17.6 Å². The Morgan fingerprint density at radius 3 is 2.64 bits per heavy atom. The van der Waals surface area contributed by atoms with Gasteiger partial charge in [-0.3, -0.25) is 4.79 Å². The predicted octanol–water partition coefficient (Wildman–Crippen LogP) is 1.18. The monoisotopic (exact) mass is 413 g/mol. The van der Waals surface area contributed by atoms with Crippen LogP contribution in [0, 0.1) is 0 Å². The van der Waals surface area contributed by atoms with Crippen LogP contribution < -0.4 is 20.5 Å². The Kier molecular flexibility index (Phi) is 5.33. The molecule has 3 N–H and O–H groups in total. The number of amides is 3. The van der Waals surface area contributed by atoms with Gasteiger partial charge in [-0.1, -0.05) is 15.9 Å². The largest absolute Gasteiger partial charge is 0.486 e. The van der Waals surface area contributed by atoms with Crippen LogP contribution in [-0.2, 0) is 9.53 Å². The number of carbonyl (C=O) groups excluding carboxylic acids is 2. The van der Waals surface area contributed by atoms with Gasteiger partial charge in [-0.25, -0.2) is 4.79 Å². The first-order valence-electron chi connectivity index (χ1n) is 8.01. The Balaban J connectivity index is 1.68. The minimum atomic E-state index is -0.768. The molecule has 9 heteroatoms. The number of nitrogens with zero attached hydrogens (tertiary/aromatic N) is 1. The number of fused-ring (bicyclic) bond motifs is 1. The fourth-order valence-corrected chi connectivity index (χ4v) is 3.44. The second-order valence-electron chi connectivity index (χ2n) is 5.90. The van der Waals surface area contributed by atoms with E-state index in [0.29, 0.717) is 31.3 Å². The van der Waals surface area contributed by atoms with Crippen LogP contribution >= 0.6 is 15.9 Å². The van der Waals surface area contributed by atoms with Gasteiger partial charge in [-0.2, -0.15) is 0 Å². The molecule has 0 saturated carbocycles. The van der Waals surface area contributed by atoms with E-state index in [9.17, 15) is 9.59 Å². The second kappa shape index (κ2) is 7.49. The number of hydrogen-bond donors (Lipinski definition) is 2. The third-order valence-corrected chi connectivity index (χ3v) is 4.83. The van der Waals surface area contributed by atoms with Crippen molar-refractivity contribution in [1.29, 1.82) is 0 Å². The molecule has 136 valence electrons. The number of carbonyl (C=O) groups is 2. The number of nitrogens with two attached hydrogens (primary N) is 1. The van der Waals surface area contributed by atoms with Gasteiger partial charge in [0.2, 0.25) is 5.91 Å². The summed E-state index contributed by atoms with van der Waals surface area (Å²) in [6.45, 7) is 3.73. The third kappa shape index (κ3) is 3.98. The Morgan fingerprint density at radius 1 is 1.28 bits per heavy atom. The molecular formula is C16H20BrN3O5. The highest BCUT2D eigenvalue weighted by atomic mass is 79.9. The lowest BCUT2D eigenvalue weighted by molar-refractivity contribution is -0.133. The van der Waals surface area contributed by atoms with Gasteiger partial charge in [0, 0.05) is 11.0 Å². The summed E-state index contributed by atoms with van der Waals surface area (Å²) in [6.07, 6.45) is -0.768. The van der Waals surface area contributed by atoms with Gasteiger partial charge in [-0.15, -0.1) is 0 Å². The number of benzene rings is 1. The van der Waals surface area contributed by atoms with E-state index in [2.05, 4.69) is 21.2 Å². The molecule has 2 unspecified atom stereocenters. The lowest BCUT2D eigenvalue weighted by atomic mass is 10.1. The zero-order valence-corrected chi connectivity index (χ0v) is 15.4. The minimum Gasteiger partial charge on any atom is -0.486 e. The summed E-state index contributed by atoms with van der Waals surface area (Å²) in [7, 11) is 0. The molecule has 3 amide bonds. The molecule has 2 atom stereocenters. The standard InChI is InChI=1S/C16H20BrN3O5/c1-9(10-6-12-13(7-11(10)17)25-5-4-24-12)19-16(22)20-2-3-23-14(8-20)15(18)21/h6-7,9,14H,2-5,8H2,1H3,(H2,18,21)(H,19,22). The summed E-state index contributed by atoms with van der Waals surface area (Å²) in [5.41, 5.74) is 6.12. The lowest BCUT2D eigenvalue weighted by Crippen LogP contribution is -2.53. The molecule has 0 radical (unpaired) electrons.